The van der Waals surface area contributed by atoms with Crippen LogP contribution in [-0.2, 0) is 0 Å². The molecule has 0 bridgehead atoms. The standard InChI is InChI=1S/C9H11N3O2/c10-9(11)5-12-4-6-1-2-7(13)8(14)3-6/h1-4,13-14H,5H2,(H3,10,11). The second-order valence-electron chi connectivity index (χ2n) is 2.74. The average Bonchev–Trinajstić information content (AvgIpc) is 2.10. The SMILES string of the molecule is N=C(N)CN=Cc1ccc(O)c(O)c1. The van der Waals surface area contributed by atoms with E-state index in [1.54, 1.807) is 6.07 Å². The number of aromatic hydroxyl groups is 2. The molecule has 0 spiro atoms. The Morgan fingerprint density at radius 1 is 1.43 bits per heavy atom. The molecule has 5 N–H and O–H groups in total. The Morgan fingerprint density at radius 3 is 2.71 bits per heavy atom. The van der Waals surface area contributed by atoms with Gasteiger partial charge in [-0.25, -0.2) is 0 Å². The zero-order valence-electron chi connectivity index (χ0n) is 7.44. The summed E-state index contributed by atoms with van der Waals surface area (Å²) in [5, 5.41) is 25.0. The highest BCUT2D eigenvalue weighted by Crippen LogP contribution is 2.23. The summed E-state index contributed by atoms with van der Waals surface area (Å²) in [6.45, 7) is 0.127. The number of nitrogens with two attached hydrogens (primary N) is 1. The third-order valence-electron chi connectivity index (χ3n) is 1.50. The van der Waals surface area contributed by atoms with Gasteiger partial charge < -0.3 is 15.9 Å². The van der Waals surface area contributed by atoms with Gasteiger partial charge in [0.2, 0.25) is 0 Å². The maximum Gasteiger partial charge on any atom is 0.158 e. The second-order valence-corrected chi connectivity index (χ2v) is 2.74. The van der Waals surface area contributed by atoms with Gasteiger partial charge in [-0.05, 0) is 23.8 Å². The van der Waals surface area contributed by atoms with Crippen molar-refractivity contribution in [2.24, 2.45) is 10.7 Å². The van der Waals surface area contributed by atoms with Crippen LogP contribution in [0.2, 0.25) is 0 Å². The van der Waals surface area contributed by atoms with Gasteiger partial charge in [0.1, 0.15) is 5.84 Å². The van der Waals surface area contributed by atoms with Gasteiger partial charge in [-0.3, -0.25) is 10.4 Å². The molecular weight excluding hydrogens is 182 g/mol. The van der Waals surface area contributed by atoms with E-state index in [1.165, 1.54) is 18.3 Å². The Balaban J connectivity index is 2.73. The first-order valence-electron chi connectivity index (χ1n) is 3.94. The monoisotopic (exact) mass is 193 g/mol. The molecule has 0 aliphatic carbocycles. The van der Waals surface area contributed by atoms with E-state index in [-0.39, 0.29) is 23.9 Å². The van der Waals surface area contributed by atoms with Crippen molar-refractivity contribution in [2.75, 3.05) is 6.54 Å². The largest absolute Gasteiger partial charge is 0.504 e. The molecule has 0 aliphatic heterocycles. The van der Waals surface area contributed by atoms with Crippen molar-refractivity contribution in [3.63, 3.8) is 0 Å². The van der Waals surface area contributed by atoms with Crippen molar-refractivity contribution in [1.82, 2.24) is 0 Å². The molecule has 0 aliphatic rings. The highest BCUT2D eigenvalue weighted by Gasteiger charge is 1.97. The number of benzene rings is 1. The number of nitrogens with one attached hydrogen (secondary N) is 1. The second kappa shape index (κ2) is 4.27. The van der Waals surface area contributed by atoms with E-state index in [2.05, 4.69) is 4.99 Å². The number of rotatable bonds is 3. The van der Waals surface area contributed by atoms with Crippen LogP contribution in [0.5, 0.6) is 11.5 Å². The summed E-state index contributed by atoms with van der Waals surface area (Å²) in [4.78, 5) is 3.84. The Bertz CT molecular complexity index is 374. The van der Waals surface area contributed by atoms with Crippen LogP contribution in [0.1, 0.15) is 5.56 Å². The number of aliphatic imine (C=N–C) groups is 1. The highest BCUT2D eigenvalue weighted by atomic mass is 16.3. The molecule has 5 nitrogen and oxygen atoms in total. The predicted molar refractivity (Wildman–Crippen MR) is 54.1 cm³/mol. The van der Waals surface area contributed by atoms with Crippen LogP contribution in [0, 0.1) is 5.41 Å². The molecule has 0 radical (unpaired) electrons. The van der Waals surface area contributed by atoms with Crippen LogP contribution >= 0.6 is 0 Å². The summed E-state index contributed by atoms with van der Waals surface area (Å²) in [6, 6.07) is 4.34. The molecule has 14 heavy (non-hydrogen) atoms. The first-order chi connectivity index (χ1) is 6.59. The predicted octanol–water partition coefficient (Wildman–Crippen LogP) is 0.453. The van der Waals surface area contributed by atoms with Gasteiger partial charge in [-0.1, -0.05) is 0 Å². The van der Waals surface area contributed by atoms with Gasteiger partial charge in [-0.15, -0.1) is 0 Å². The number of nitrogens with zero attached hydrogens (tertiary/aromatic N) is 1. The fourth-order valence-corrected chi connectivity index (χ4v) is 0.870. The lowest BCUT2D eigenvalue weighted by Gasteiger charge is -1.97. The molecule has 0 saturated carbocycles. The van der Waals surface area contributed by atoms with E-state index in [0.29, 0.717) is 5.56 Å². The smallest absolute Gasteiger partial charge is 0.158 e. The zero-order chi connectivity index (χ0) is 10.6. The molecule has 0 unspecified atom stereocenters. The third kappa shape index (κ3) is 2.78. The minimum absolute atomic E-state index is 0.0238. The fraction of sp³-hybridized carbons (Fsp3) is 0.111. The van der Waals surface area contributed by atoms with Gasteiger partial charge in [0.15, 0.2) is 11.5 Å². The van der Waals surface area contributed by atoms with Gasteiger partial charge in [0, 0.05) is 6.21 Å². The molecule has 1 aromatic rings. The molecular formula is C9H11N3O2. The van der Waals surface area contributed by atoms with Crippen LogP contribution in [0.4, 0.5) is 0 Å². The quantitative estimate of drug-likeness (QED) is 0.318. The van der Waals surface area contributed by atoms with E-state index in [4.69, 9.17) is 21.4 Å². The summed E-state index contributed by atoms with van der Waals surface area (Å²) < 4.78 is 0. The Labute approximate surface area is 81.0 Å². The summed E-state index contributed by atoms with van der Waals surface area (Å²) in [7, 11) is 0. The maximum absolute atomic E-state index is 9.13. The minimum atomic E-state index is -0.197. The minimum Gasteiger partial charge on any atom is -0.504 e. The molecule has 1 aromatic carbocycles. The Kier molecular flexibility index (Phi) is 3.06. The Morgan fingerprint density at radius 2 is 2.14 bits per heavy atom. The summed E-state index contributed by atoms with van der Waals surface area (Å²) in [5.41, 5.74) is 5.73. The van der Waals surface area contributed by atoms with E-state index >= 15 is 0 Å². The van der Waals surface area contributed by atoms with Crippen molar-refractivity contribution in [3.05, 3.63) is 23.8 Å². The summed E-state index contributed by atoms with van der Waals surface area (Å²) >= 11 is 0. The van der Waals surface area contributed by atoms with Crippen molar-refractivity contribution in [2.45, 2.75) is 0 Å². The Hall–Kier alpha value is -2.04. The molecule has 74 valence electrons. The van der Waals surface area contributed by atoms with Gasteiger partial charge in [-0.2, -0.15) is 0 Å². The van der Waals surface area contributed by atoms with Crippen LogP contribution in [0.3, 0.4) is 0 Å². The van der Waals surface area contributed by atoms with Gasteiger partial charge >= 0.3 is 0 Å². The number of phenols is 2. The van der Waals surface area contributed by atoms with Crippen molar-refractivity contribution in [1.29, 1.82) is 5.41 Å². The van der Waals surface area contributed by atoms with E-state index in [1.807, 2.05) is 0 Å². The van der Waals surface area contributed by atoms with Crippen LogP contribution in [-0.4, -0.2) is 28.8 Å². The van der Waals surface area contributed by atoms with Gasteiger partial charge in [0.05, 0.1) is 6.54 Å². The number of hydrogen-bond acceptors (Lipinski definition) is 4. The van der Waals surface area contributed by atoms with Crippen molar-refractivity contribution < 1.29 is 10.2 Å². The third-order valence-corrected chi connectivity index (χ3v) is 1.50. The molecule has 1 rings (SSSR count). The molecule has 0 saturated heterocycles. The highest BCUT2D eigenvalue weighted by molar-refractivity contribution is 5.85. The summed E-state index contributed by atoms with van der Waals surface area (Å²) in [6.07, 6.45) is 1.47. The van der Waals surface area contributed by atoms with E-state index in [0.717, 1.165) is 0 Å². The van der Waals surface area contributed by atoms with Crippen molar-refractivity contribution in [3.8, 4) is 11.5 Å². The average molecular weight is 193 g/mol. The lowest BCUT2D eigenvalue weighted by Crippen LogP contribution is -2.12. The van der Waals surface area contributed by atoms with Crippen LogP contribution < -0.4 is 5.73 Å². The number of phenolic OH excluding ortho intramolecular Hbond substituents is 2. The van der Waals surface area contributed by atoms with Crippen LogP contribution in [0.15, 0.2) is 23.2 Å². The van der Waals surface area contributed by atoms with Gasteiger partial charge in [0.25, 0.3) is 0 Å². The summed E-state index contributed by atoms with van der Waals surface area (Å²) in [5.74, 6) is -0.394. The first kappa shape index (κ1) is 10.0. The molecule has 0 amide bonds. The number of hydrogen-bond donors (Lipinski definition) is 4. The molecule has 0 aromatic heterocycles. The first-order valence-corrected chi connectivity index (χ1v) is 3.94. The lowest BCUT2D eigenvalue weighted by molar-refractivity contribution is 0.403. The maximum atomic E-state index is 9.13. The molecule has 0 heterocycles. The molecule has 0 atom stereocenters. The normalized spacial score (nSPS) is 10.6. The number of amidine groups is 1. The van der Waals surface area contributed by atoms with E-state index < -0.39 is 0 Å². The molecule has 5 heteroatoms. The fourth-order valence-electron chi connectivity index (χ4n) is 0.870. The zero-order valence-corrected chi connectivity index (χ0v) is 7.44. The lowest BCUT2D eigenvalue weighted by atomic mass is 10.2. The molecule has 0 fully saturated rings. The van der Waals surface area contributed by atoms with Crippen LogP contribution in [0.25, 0.3) is 0 Å². The van der Waals surface area contributed by atoms with Crippen molar-refractivity contribution >= 4 is 12.1 Å². The van der Waals surface area contributed by atoms with E-state index in [9.17, 15) is 0 Å². The topological polar surface area (TPSA) is 103 Å².